The van der Waals surface area contributed by atoms with Gasteiger partial charge in [0.2, 0.25) is 0 Å². The summed E-state index contributed by atoms with van der Waals surface area (Å²) in [6, 6.07) is 10.3. The van der Waals surface area contributed by atoms with E-state index < -0.39 is 11.9 Å². The van der Waals surface area contributed by atoms with E-state index in [4.69, 9.17) is 0 Å². The molecule has 1 amide bonds. The molecule has 1 aromatic heterocycles. The molecule has 0 bridgehead atoms. The van der Waals surface area contributed by atoms with Crippen LogP contribution in [0.2, 0.25) is 0 Å². The number of carboxylic acids is 1. The summed E-state index contributed by atoms with van der Waals surface area (Å²) in [6.07, 6.45) is 2.73. The van der Waals surface area contributed by atoms with Crippen molar-refractivity contribution in [1.82, 2.24) is 15.5 Å². The van der Waals surface area contributed by atoms with Crippen LogP contribution in [0.3, 0.4) is 0 Å². The summed E-state index contributed by atoms with van der Waals surface area (Å²) in [7, 11) is 0. The summed E-state index contributed by atoms with van der Waals surface area (Å²) in [6.45, 7) is 0.0144. The van der Waals surface area contributed by atoms with E-state index in [1.54, 1.807) is 24.3 Å². The number of carbonyl (C=O) groups excluding carboxylic acids is 1. The third-order valence-electron chi connectivity index (χ3n) is 2.81. The Hall–Kier alpha value is -2.76. The second-order valence-corrected chi connectivity index (χ2v) is 4.14. The molecule has 102 valence electrons. The van der Waals surface area contributed by atoms with E-state index in [0.29, 0.717) is 11.1 Å². The SMILES string of the molecule is O=C(NCC(C(=O)O)c1ccccc1)c1ccnnc1. The highest BCUT2D eigenvalue weighted by Gasteiger charge is 2.20. The fourth-order valence-electron chi connectivity index (χ4n) is 1.75. The van der Waals surface area contributed by atoms with Crippen LogP contribution in [0, 0.1) is 0 Å². The van der Waals surface area contributed by atoms with E-state index in [1.807, 2.05) is 6.07 Å². The van der Waals surface area contributed by atoms with Crippen LogP contribution in [0.25, 0.3) is 0 Å². The van der Waals surface area contributed by atoms with Gasteiger partial charge in [0, 0.05) is 6.54 Å². The van der Waals surface area contributed by atoms with Crippen molar-refractivity contribution >= 4 is 11.9 Å². The van der Waals surface area contributed by atoms with Gasteiger partial charge in [0.05, 0.1) is 23.9 Å². The molecule has 1 aromatic carbocycles. The van der Waals surface area contributed by atoms with Crippen LogP contribution in [0.15, 0.2) is 48.8 Å². The molecule has 0 saturated carbocycles. The van der Waals surface area contributed by atoms with E-state index >= 15 is 0 Å². The highest BCUT2D eigenvalue weighted by atomic mass is 16.4. The number of hydrogen-bond acceptors (Lipinski definition) is 4. The monoisotopic (exact) mass is 271 g/mol. The smallest absolute Gasteiger partial charge is 0.312 e. The first-order chi connectivity index (χ1) is 9.68. The molecule has 2 rings (SSSR count). The zero-order chi connectivity index (χ0) is 14.4. The zero-order valence-electron chi connectivity index (χ0n) is 10.6. The summed E-state index contributed by atoms with van der Waals surface area (Å²) >= 11 is 0. The molecule has 0 spiro atoms. The largest absolute Gasteiger partial charge is 0.481 e. The van der Waals surface area contributed by atoms with Gasteiger partial charge >= 0.3 is 5.97 Å². The Labute approximate surface area is 115 Å². The van der Waals surface area contributed by atoms with Crippen LogP contribution in [-0.4, -0.2) is 33.7 Å². The van der Waals surface area contributed by atoms with E-state index in [1.165, 1.54) is 18.5 Å². The number of nitrogens with zero attached hydrogens (tertiary/aromatic N) is 2. The Morgan fingerprint density at radius 1 is 1.15 bits per heavy atom. The number of rotatable bonds is 5. The molecule has 2 aromatic rings. The van der Waals surface area contributed by atoms with Crippen LogP contribution in [-0.2, 0) is 4.79 Å². The van der Waals surface area contributed by atoms with Gasteiger partial charge in [-0.2, -0.15) is 10.2 Å². The van der Waals surface area contributed by atoms with Crippen LogP contribution >= 0.6 is 0 Å². The molecule has 0 fully saturated rings. The van der Waals surface area contributed by atoms with E-state index in [9.17, 15) is 14.7 Å². The number of aromatic nitrogens is 2. The molecule has 0 saturated heterocycles. The van der Waals surface area contributed by atoms with E-state index in [-0.39, 0.29) is 12.5 Å². The van der Waals surface area contributed by atoms with Crippen LogP contribution < -0.4 is 5.32 Å². The summed E-state index contributed by atoms with van der Waals surface area (Å²) < 4.78 is 0. The average Bonchev–Trinajstić information content (AvgIpc) is 2.49. The zero-order valence-corrected chi connectivity index (χ0v) is 10.6. The van der Waals surface area contributed by atoms with Crippen molar-refractivity contribution in [2.45, 2.75) is 5.92 Å². The third kappa shape index (κ3) is 3.38. The Bertz CT molecular complexity index is 587. The maximum Gasteiger partial charge on any atom is 0.312 e. The van der Waals surface area contributed by atoms with Gasteiger partial charge in [-0.1, -0.05) is 30.3 Å². The predicted octanol–water partition coefficient (Wildman–Crippen LogP) is 1.07. The first-order valence-electron chi connectivity index (χ1n) is 6.01. The number of benzene rings is 1. The van der Waals surface area contributed by atoms with Crippen LogP contribution in [0.4, 0.5) is 0 Å². The molecule has 1 unspecified atom stereocenters. The number of carbonyl (C=O) groups is 2. The average molecular weight is 271 g/mol. The Morgan fingerprint density at radius 3 is 2.50 bits per heavy atom. The minimum absolute atomic E-state index is 0.0144. The summed E-state index contributed by atoms with van der Waals surface area (Å²) in [5.41, 5.74) is 0.991. The predicted molar refractivity (Wildman–Crippen MR) is 71.2 cm³/mol. The minimum Gasteiger partial charge on any atom is -0.481 e. The van der Waals surface area contributed by atoms with Gasteiger partial charge in [0.1, 0.15) is 0 Å². The molecule has 2 N–H and O–H groups in total. The quantitative estimate of drug-likeness (QED) is 0.848. The second-order valence-electron chi connectivity index (χ2n) is 4.14. The van der Waals surface area contributed by atoms with Gasteiger partial charge in [-0.25, -0.2) is 0 Å². The lowest BCUT2D eigenvalue weighted by Gasteiger charge is -2.13. The molecule has 0 aliphatic rings. The van der Waals surface area contributed by atoms with Gasteiger partial charge in [0.15, 0.2) is 0 Å². The molecule has 0 aliphatic carbocycles. The first-order valence-corrected chi connectivity index (χ1v) is 6.01. The lowest BCUT2D eigenvalue weighted by molar-refractivity contribution is -0.138. The van der Waals surface area contributed by atoms with E-state index in [0.717, 1.165) is 0 Å². The number of hydrogen-bond donors (Lipinski definition) is 2. The van der Waals surface area contributed by atoms with Crippen molar-refractivity contribution in [1.29, 1.82) is 0 Å². The topological polar surface area (TPSA) is 92.2 Å². The molecular formula is C14H13N3O3. The standard InChI is InChI=1S/C14H13N3O3/c18-13(11-6-7-16-17-8-11)15-9-12(14(19)20)10-4-2-1-3-5-10/h1-8,12H,9H2,(H,15,18)(H,19,20). The summed E-state index contributed by atoms with van der Waals surface area (Å²) in [5.74, 6) is -2.14. The van der Waals surface area contributed by atoms with Gasteiger partial charge in [-0.15, -0.1) is 0 Å². The highest BCUT2D eigenvalue weighted by molar-refractivity contribution is 5.94. The lowest BCUT2D eigenvalue weighted by atomic mass is 9.99. The van der Waals surface area contributed by atoms with Gasteiger partial charge in [0.25, 0.3) is 5.91 Å². The van der Waals surface area contributed by atoms with Crippen molar-refractivity contribution in [3.8, 4) is 0 Å². The fourth-order valence-corrected chi connectivity index (χ4v) is 1.75. The Balaban J connectivity index is 2.04. The van der Waals surface area contributed by atoms with Crippen molar-refractivity contribution in [2.24, 2.45) is 0 Å². The molecule has 20 heavy (non-hydrogen) atoms. The van der Waals surface area contributed by atoms with Gasteiger partial charge < -0.3 is 10.4 Å². The number of aliphatic carboxylic acids is 1. The maximum atomic E-state index is 11.8. The Kier molecular flexibility index (Phi) is 4.39. The lowest BCUT2D eigenvalue weighted by Crippen LogP contribution is -2.31. The van der Waals surface area contributed by atoms with Crippen molar-refractivity contribution in [3.63, 3.8) is 0 Å². The minimum atomic E-state index is -0.982. The molecule has 0 radical (unpaired) electrons. The third-order valence-corrected chi connectivity index (χ3v) is 2.81. The summed E-state index contributed by atoms with van der Waals surface area (Å²) in [4.78, 5) is 23.1. The summed E-state index contributed by atoms with van der Waals surface area (Å²) in [5, 5.41) is 19.0. The first kappa shape index (κ1) is 13.7. The second kappa shape index (κ2) is 6.42. The number of amides is 1. The molecule has 1 heterocycles. The molecule has 6 nitrogen and oxygen atoms in total. The van der Waals surface area contributed by atoms with Gasteiger partial charge in [-0.05, 0) is 11.6 Å². The maximum absolute atomic E-state index is 11.8. The molecular weight excluding hydrogens is 258 g/mol. The van der Waals surface area contributed by atoms with Crippen molar-refractivity contribution in [2.75, 3.05) is 6.54 Å². The molecule has 1 atom stereocenters. The van der Waals surface area contributed by atoms with Crippen molar-refractivity contribution < 1.29 is 14.7 Å². The fraction of sp³-hybridized carbons (Fsp3) is 0.143. The van der Waals surface area contributed by atoms with Crippen LogP contribution in [0.5, 0.6) is 0 Å². The van der Waals surface area contributed by atoms with Crippen molar-refractivity contribution in [3.05, 3.63) is 59.9 Å². The number of carboxylic acid groups (broad SMARTS) is 1. The van der Waals surface area contributed by atoms with E-state index in [2.05, 4.69) is 15.5 Å². The highest BCUT2D eigenvalue weighted by Crippen LogP contribution is 2.14. The number of nitrogens with one attached hydrogen (secondary N) is 1. The Morgan fingerprint density at radius 2 is 1.90 bits per heavy atom. The normalized spacial score (nSPS) is 11.6. The van der Waals surface area contributed by atoms with Gasteiger partial charge in [-0.3, -0.25) is 9.59 Å². The molecule has 6 heteroatoms. The van der Waals surface area contributed by atoms with Crippen LogP contribution in [0.1, 0.15) is 21.8 Å². The molecule has 0 aliphatic heterocycles.